The molecule has 0 bridgehead atoms. The summed E-state index contributed by atoms with van der Waals surface area (Å²) in [4.78, 5) is 14.9. The number of nitrogens with one attached hydrogen (secondary N) is 1. The van der Waals surface area contributed by atoms with Crippen molar-refractivity contribution in [3.63, 3.8) is 0 Å². The summed E-state index contributed by atoms with van der Waals surface area (Å²) in [5.74, 6) is 2.41. The number of thiophene rings is 1. The Morgan fingerprint density at radius 1 is 1.15 bits per heavy atom. The molecule has 2 fully saturated rings. The van der Waals surface area contributed by atoms with Gasteiger partial charge in [0, 0.05) is 26.0 Å². The number of anilines is 1. The first kappa shape index (κ1) is 16.1. The summed E-state index contributed by atoms with van der Waals surface area (Å²) in [6.45, 7) is 2.82. The standard InChI is InChI=1S/C20H22N4OS/c1-2-9-21-16(3-1)18-23-17(15-6-12-26-19(15)24-18)22-13-20(7-8-20)14-4-10-25-11-5-14/h1-3,6,9,12,14H,4-5,7-8,10-11,13H2,(H,22,23,24). The van der Waals surface area contributed by atoms with E-state index in [9.17, 15) is 0 Å². The molecular formula is C20H22N4OS. The lowest BCUT2D eigenvalue weighted by atomic mass is 9.83. The van der Waals surface area contributed by atoms with Crippen LogP contribution in [0.2, 0.25) is 0 Å². The predicted molar refractivity (Wildman–Crippen MR) is 104 cm³/mol. The predicted octanol–water partition coefficient (Wildman–Crippen LogP) is 4.37. The van der Waals surface area contributed by atoms with Crippen LogP contribution in [0.3, 0.4) is 0 Å². The summed E-state index contributed by atoms with van der Waals surface area (Å²) in [6.07, 6.45) is 6.80. The van der Waals surface area contributed by atoms with Gasteiger partial charge in [-0.1, -0.05) is 6.07 Å². The normalized spacial score (nSPS) is 19.5. The maximum absolute atomic E-state index is 5.55. The molecule has 0 spiro atoms. The Balaban J connectivity index is 1.42. The van der Waals surface area contributed by atoms with Gasteiger partial charge < -0.3 is 10.1 Å². The number of nitrogens with zero attached hydrogens (tertiary/aromatic N) is 3. The lowest BCUT2D eigenvalue weighted by Gasteiger charge is -2.30. The zero-order valence-corrected chi connectivity index (χ0v) is 15.5. The van der Waals surface area contributed by atoms with Crippen LogP contribution in [0.25, 0.3) is 21.7 Å². The van der Waals surface area contributed by atoms with Gasteiger partial charge in [0.25, 0.3) is 0 Å². The van der Waals surface area contributed by atoms with Crippen molar-refractivity contribution in [2.24, 2.45) is 11.3 Å². The summed E-state index contributed by atoms with van der Waals surface area (Å²) in [5, 5.41) is 6.86. The highest BCUT2D eigenvalue weighted by atomic mass is 32.1. The zero-order valence-electron chi connectivity index (χ0n) is 14.6. The lowest BCUT2D eigenvalue weighted by molar-refractivity contribution is 0.0433. The van der Waals surface area contributed by atoms with Gasteiger partial charge in [0.1, 0.15) is 16.3 Å². The molecule has 1 saturated heterocycles. The van der Waals surface area contributed by atoms with Crippen LogP contribution in [0.15, 0.2) is 35.8 Å². The summed E-state index contributed by atoms with van der Waals surface area (Å²) in [7, 11) is 0. The number of aromatic nitrogens is 3. The SMILES string of the molecule is c1ccc(-c2nc(NCC3(C4CCOCC4)CC3)c3ccsc3n2)nc1. The molecule has 1 saturated carbocycles. The van der Waals surface area contributed by atoms with Crippen molar-refractivity contribution in [3.8, 4) is 11.5 Å². The first-order valence-electron chi connectivity index (χ1n) is 9.32. The zero-order chi connectivity index (χ0) is 17.4. The first-order chi connectivity index (χ1) is 12.8. The number of ether oxygens (including phenoxy) is 1. The van der Waals surface area contributed by atoms with Gasteiger partial charge in [-0.05, 0) is 60.6 Å². The molecule has 26 heavy (non-hydrogen) atoms. The topological polar surface area (TPSA) is 59.9 Å². The molecule has 2 aliphatic rings. The van der Waals surface area contributed by atoms with Crippen molar-refractivity contribution in [2.75, 3.05) is 25.1 Å². The Morgan fingerprint density at radius 3 is 2.81 bits per heavy atom. The minimum atomic E-state index is 0.433. The van der Waals surface area contributed by atoms with Crippen molar-refractivity contribution in [1.29, 1.82) is 0 Å². The number of pyridine rings is 1. The fourth-order valence-corrected chi connectivity index (χ4v) is 4.82. The highest BCUT2D eigenvalue weighted by Crippen LogP contribution is 2.55. The van der Waals surface area contributed by atoms with Crippen molar-refractivity contribution < 1.29 is 4.74 Å². The molecule has 4 heterocycles. The lowest BCUT2D eigenvalue weighted by Crippen LogP contribution is -2.30. The van der Waals surface area contributed by atoms with Gasteiger partial charge in [-0.3, -0.25) is 4.98 Å². The van der Waals surface area contributed by atoms with E-state index >= 15 is 0 Å². The third-order valence-electron chi connectivity index (χ3n) is 5.81. The van der Waals surface area contributed by atoms with Gasteiger partial charge in [0.2, 0.25) is 0 Å². The summed E-state index contributed by atoms with van der Waals surface area (Å²) >= 11 is 1.65. The Hall–Kier alpha value is -2.05. The van der Waals surface area contributed by atoms with Crippen LogP contribution in [-0.2, 0) is 4.74 Å². The maximum atomic E-state index is 5.55. The highest BCUT2D eigenvalue weighted by Gasteiger charge is 2.49. The van der Waals surface area contributed by atoms with Gasteiger partial charge >= 0.3 is 0 Å². The number of rotatable bonds is 5. The molecule has 6 heteroatoms. The minimum Gasteiger partial charge on any atom is -0.381 e. The second kappa shape index (κ2) is 6.59. The van der Waals surface area contributed by atoms with Gasteiger partial charge in [0.15, 0.2) is 5.82 Å². The summed E-state index contributed by atoms with van der Waals surface area (Å²) < 4.78 is 5.55. The number of hydrogen-bond acceptors (Lipinski definition) is 6. The Bertz CT molecular complexity index is 901. The molecule has 1 N–H and O–H groups in total. The minimum absolute atomic E-state index is 0.433. The van der Waals surface area contributed by atoms with Crippen molar-refractivity contribution in [2.45, 2.75) is 25.7 Å². The van der Waals surface area contributed by atoms with Gasteiger partial charge in [0.05, 0.1) is 5.39 Å². The van der Waals surface area contributed by atoms with E-state index in [1.165, 1.54) is 25.7 Å². The Kier molecular flexibility index (Phi) is 4.10. The van der Waals surface area contributed by atoms with E-state index in [0.29, 0.717) is 11.2 Å². The smallest absolute Gasteiger partial charge is 0.181 e. The fraction of sp³-hybridized carbons (Fsp3) is 0.450. The van der Waals surface area contributed by atoms with E-state index in [0.717, 1.165) is 47.4 Å². The van der Waals surface area contributed by atoms with Crippen molar-refractivity contribution in [1.82, 2.24) is 15.0 Å². The quantitative estimate of drug-likeness (QED) is 0.726. The number of hydrogen-bond donors (Lipinski definition) is 1. The van der Waals surface area contributed by atoms with Crippen LogP contribution >= 0.6 is 11.3 Å². The molecule has 5 nitrogen and oxygen atoms in total. The van der Waals surface area contributed by atoms with E-state index in [4.69, 9.17) is 14.7 Å². The van der Waals surface area contributed by atoms with E-state index in [2.05, 4.69) is 21.7 Å². The molecule has 0 radical (unpaired) electrons. The van der Waals surface area contributed by atoms with Crippen molar-refractivity contribution >= 4 is 27.4 Å². The van der Waals surface area contributed by atoms with Crippen LogP contribution in [-0.4, -0.2) is 34.7 Å². The Morgan fingerprint density at radius 2 is 2.04 bits per heavy atom. The van der Waals surface area contributed by atoms with Crippen molar-refractivity contribution in [3.05, 3.63) is 35.8 Å². The van der Waals surface area contributed by atoms with Gasteiger partial charge in [-0.15, -0.1) is 11.3 Å². The number of fused-ring (bicyclic) bond motifs is 1. The molecule has 0 atom stereocenters. The van der Waals surface area contributed by atoms with E-state index in [-0.39, 0.29) is 0 Å². The second-order valence-electron chi connectivity index (χ2n) is 7.35. The Labute approximate surface area is 156 Å². The van der Waals surface area contributed by atoms with Crippen LogP contribution in [0.1, 0.15) is 25.7 Å². The van der Waals surface area contributed by atoms with Crippen LogP contribution in [0, 0.1) is 11.3 Å². The molecule has 5 rings (SSSR count). The highest BCUT2D eigenvalue weighted by molar-refractivity contribution is 7.16. The van der Waals surface area contributed by atoms with Crippen LogP contribution < -0.4 is 5.32 Å². The molecule has 0 unspecified atom stereocenters. The molecule has 134 valence electrons. The largest absolute Gasteiger partial charge is 0.381 e. The van der Waals surface area contributed by atoms with E-state index in [1.54, 1.807) is 17.5 Å². The average Bonchev–Trinajstić information content (AvgIpc) is 3.35. The molecular weight excluding hydrogens is 344 g/mol. The van der Waals surface area contributed by atoms with E-state index in [1.807, 2.05) is 18.2 Å². The monoisotopic (exact) mass is 366 g/mol. The molecule has 1 aliphatic heterocycles. The van der Waals surface area contributed by atoms with Crippen LogP contribution in [0.5, 0.6) is 0 Å². The average molecular weight is 366 g/mol. The summed E-state index contributed by atoms with van der Waals surface area (Å²) in [6, 6.07) is 7.96. The van der Waals surface area contributed by atoms with Crippen LogP contribution in [0.4, 0.5) is 5.82 Å². The molecule has 0 amide bonds. The van der Waals surface area contributed by atoms with Gasteiger partial charge in [-0.2, -0.15) is 0 Å². The molecule has 0 aromatic carbocycles. The second-order valence-corrected chi connectivity index (χ2v) is 8.25. The third-order valence-corrected chi connectivity index (χ3v) is 6.61. The third kappa shape index (κ3) is 2.97. The van der Waals surface area contributed by atoms with Gasteiger partial charge in [-0.25, -0.2) is 9.97 Å². The maximum Gasteiger partial charge on any atom is 0.181 e. The van der Waals surface area contributed by atoms with E-state index < -0.39 is 0 Å². The molecule has 3 aromatic heterocycles. The molecule has 3 aromatic rings. The summed E-state index contributed by atoms with van der Waals surface area (Å²) in [5.41, 5.74) is 1.25. The first-order valence-corrected chi connectivity index (χ1v) is 10.2. The fourth-order valence-electron chi connectivity index (χ4n) is 4.06. The molecule has 1 aliphatic carbocycles.